The number of benzene rings is 1. The fourth-order valence-corrected chi connectivity index (χ4v) is 4.27. The summed E-state index contributed by atoms with van der Waals surface area (Å²) < 4.78 is 1.90. The summed E-state index contributed by atoms with van der Waals surface area (Å²) in [5.41, 5.74) is 6.09. The number of hydrogen-bond acceptors (Lipinski definition) is 3. The van der Waals surface area contributed by atoms with Crippen molar-refractivity contribution in [2.24, 2.45) is 5.73 Å². The van der Waals surface area contributed by atoms with Gasteiger partial charge in [-0.05, 0) is 43.3 Å². The van der Waals surface area contributed by atoms with Gasteiger partial charge in [0.05, 0.1) is 9.59 Å². The van der Waals surface area contributed by atoms with Crippen LogP contribution in [0.1, 0.15) is 17.1 Å². The molecule has 1 aromatic carbocycles. The first kappa shape index (κ1) is 14.4. The summed E-state index contributed by atoms with van der Waals surface area (Å²) in [6.07, 6.45) is 0. The first-order chi connectivity index (χ1) is 8.56. The van der Waals surface area contributed by atoms with Crippen molar-refractivity contribution in [1.29, 1.82) is 0 Å². The standard InChI is InChI=1S/C13H13BrClNS2/c1-8(16)13(11-6-7-12(15)18-11)17-10-4-2-9(14)3-5-10/h2-8,13H,16H2,1H3. The zero-order chi connectivity index (χ0) is 13.1. The maximum absolute atomic E-state index is 6.09. The average molecular weight is 363 g/mol. The van der Waals surface area contributed by atoms with Crippen LogP contribution >= 0.6 is 50.6 Å². The van der Waals surface area contributed by atoms with Crippen molar-refractivity contribution in [3.05, 3.63) is 50.1 Å². The van der Waals surface area contributed by atoms with Crippen molar-refractivity contribution in [3.63, 3.8) is 0 Å². The quantitative estimate of drug-likeness (QED) is 0.742. The highest BCUT2D eigenvalue weighted by atomic mass is 79.9. The van der Waals surface area contributed by atoms with E-state index in [0.29, 0.717) is 0 Å². The van der Waals surface area contributed by atoms with Crippen molar-refractivity contribution >= 4 is 50.6 Å². The van der Waals surface area contributed by atoms with Crippen molar-refractivity contribution in [3.8, 4) is 0 Å². The molecule has 0 aliphatic heterocycles. The summed E-state index contributed by atoms with van der Waals surface area (Å²) in [5, 5.41) is 0.240. The number of thiophene rings is 1. The van der Waals surface area contributed by atoms with Gasteiger partial charge in [0.2, 0.25) is 0 Å². The molecule has 0 radical (unpaired) electrons. The number of rotatable bonds is 4. The molecule has 0 amide bonds. The van der Waals surface area contributed by atoms with Gasteiger partial charge < -0.3 is 5.73 Å². The molecule has 2 atom stereocenters. The van der Waals surface area contributed by atoms with E-state index in [4.69, 9.17) is 17.3 Å². The van der Waals surface area contributed by atoms with Crippen LogP contribution in [0, 0.1) is 0 Å². The fraction of sp³-hybridized carbons (Fsp3) is 0.231. The smallest absolute Gasteiger partial charge is 0.0931 e. The molecule has 1 nitrogen and oxygen atoms in total. The minimum atomic E-state index is 0.0772. The zero-order valence-corrected chi connectivity index (χ0v) is 13.7. The molecule has 0 saturated heterocycles. The molecule has 2 aromatic rings. The molecule has 1 aromatic heterocycles. The number of nitrogens with two attached hydrogens (primary N) is 1. The maximum Gasteiger partial charge on any atom is 0.0931 e. The third-order valence-corrected chi connectivity index (χ3v) is 5.90. The van der Waals surface area contributed by atoms with E-state index in [1.807, 2.05) is 25.1 Å². The summed E-state index contributed by atoms with van der Waals surface area (Å²) >= 11 is 12.8. The molecular formula is C13H13BrClNS2. The Morgan fingerprint density at radius 3 is 2.39 bits per heavy atom. The van der Waals surface area contributed by atoms with E-state index in [-0.39, 0.29) is 11.3 Å². The molecule has 2 N–H and O–H groups in total. The first-order valence-electron chi connectivity index (χ1n) is 5.49. The zero-order valence-electron chi connectivity index (χ0n) is 9.77. The molecule has 5 heteroatoms. The third kappa shape index (κ3) is 3.75. The Labute approximate surface area is 129 Å². The van der Waals surface area contributed by atoms with Gasteiger partial charge in [0.1, 0.15) is 0 Å². The van der Waals surface area contributed by atoms with Crippen LogP contribution in [-0.4, -0.2) is 6.04 Å². The lowest BCUT2D eigenvalue weighted by atomic mass is 10.2. The maximum atomic E-state index is 6.09. The van der Waals surface area contributed by atoms with E-state index in [0.717, 1.165) is 8.81 Å². The molecular weight excluding hydrogens is 350 g/mol. The molecule has 0 aliphatic carbocycles. The minimum Gasteiger partial charge on any atom is -0.327 e. The monoisotopic (exact) mass is 361 g/mol. The van der Waals surface area contributed by atoms with Crippen LogP contribution in [0.2, 0.25) is 4.34 Å². The highest BCUT2D eigenvalue weighted by Gasteiger charge is 2.19. The van der Waals surface area contributed by atoms with Crippen LogP contribution in [0.3, 0.4) is 0 Å². The Hall–Kier alpha value is -0.0000000000000000278. The van der Waals surface area contributed by atoms with Crippen LogP contribution in [0.4, 0.5) is 0 Å². The van der Waals surface area contributed by atoms with Crippen molar-refractivity contribution < 1.29 is 0 Å². The van der Waals surface area contributed by atoms with E-state index >= 15 is 0 Å². The van der Waals surface area contributed by atoms with E-state index < -0.39 is 0 Å². The summed E-state index contributed by atoms with van der Waals surface area (Å²) in [5.74, 6) is 0. The van der Waals surface area contributed by atoms with E-state index in [1.165, 1.54) is 9.77 Å². The lowest BCUT2D eigenvalue weighted by Crippen LogP contribution is -2.21. The second-order valence-electron chi connectivity index (χ2n) is 3.99. The molecule has 0 aliphatic rings. The molecule has 18 heavy (non-hydrogen) atoms. The Morgan fingerprint density at radius 1 is 1.22 bits per heavy atom. The lowest BCUT2D eigenvalue weighted by Gasteiger charge is -2.19. The Bertz CT molecular complexity index is 510. The molecule has 2 unspecified atom stereocenters. The van der Waals surface area contributed by atoms with E-state index in [1.54, 1.807) is 23.1 Å². The summed E-state index contributed by atoms with van der Waals surface area (Å²) in [6, 6.07) is 12.3. The Morgan fingerprint density at radius 2 is 1.89 bits per heavy atom. The number of halogens is 2. The molecule has 0 bridgehead atoms. The van der Waals surface area contributed by atoms with Crippen LogP contribution in [0.15, 0.2) is 45.8 Å². The van der Waals surface area contributed by atoms with Gasteiger partial charge in [0, 0.05) is 20.3 Å². The largest absolute Gasteiger partial charge is 0.327 e. The van der Waals surface area contributed by atoms with Crippen molar-refractivity contribution in [2.75, 3.05) is 0 Å². The molecule has 2 rings (SSSR count). The summed E-state index contributed by atoms with van der Waals surface area (Å²) in [6.45, 7) is 2.03. The predicted octanol–water partition coefficient (Wildman–Crippen LogP) is 5.34. The first-order valence-corrected chi connectivity index (χ1v) is 8.36. The van der Waals surface area contributed by atoms with Gasteiger partial charge in [0.15, 0.2) is 0 Å². The lowest BCUT2D eigenvalue weighted by molar-refractivity contribution is 0.730. The van der Waals surface area contributed by atoms with Gasteiger partial charge in [-0.3, -0.25) is 0 Å². The number of thioether (sulfide) groups is 1. The normalized spacial score (nSPS) is 14.4. The van der Waals surface area contributed by atoms with E-state index in [2.05, 4.69) is 34.1 Å². The molecule has 0 spiro atoms. The molecule has 96 valence electrons. The SMILES string of the molecule is CC(N)C(Sc1ccc(Br)cc1)c1ccc(Cl)s1. The second kappa shape index (κ2) is 6.44. The molecule has 0 saturated carbocycles. The third-order valence-electron chi connectivity index (χ3n) is 2.43. The van der Waals surface area contributed by atoms with Gasteiger partial charge in [-0.1, -0.05) is 27.5 Å². The topological polar surface area (TPSA) is 26.0 Å². The fourth-order valence-electron chi connectivity index (χ4n) is 1.57. The van der Waals surface area contributed by atoms with Gasteiger partial charge in [-0.2, -0.15) is 0 Å². The van der Waals surface area contributed by atoms with Crippen molar-refractivity contribution in [2.45, 2.75) is 23.1 Å². The van der Waals surface area contributed by atoms with E-state index in [9.17, 15) is 0 Å². The second-order valence-corrected chi connectivity index (χ2v) is 7.87. The van der Waals surface area contributed by atoms with Gasteiger partial charge in [-0.25, -0.2) is 0 Å². The summed E-state index contributed by atoms with van der Waals surface area (Å²) in [4.78, 5) is 2.44. The van der Waals surface area contributed by atoms with Gasteiger partial charge in [-0.15, -0.1) is 23.1 Å². The average Bonchev–Trinajstić information content (AvgIpc) is 2.74. The minimum absolute atomic E-state index is 0.0772. The highest BCUT2D eigenvalue weighted by molar-refractivity contribution is 9.10. The van der Waals surface area contributed by atoms with Crippen molar-refractivity contribution in [1.82, 2.24) is 0 Å². The van der Waals surface area contributed by atoms with Crippen LogP contribution in [0.5, 0.6) is 0 Å². The van der Waals surface area contributed by atoms with Gasteiger partial charge >= 0.3 is 0 Å². The molecule has 0 fully saturated rings. The Balaban J connectivity index is 2.19. The van der Waals surface area contributed by atoms with Gasteiger partial charge in [0.25, 0.3) is 0 Å². The summed E-state index contributed by atoms with van der Waals surface area (Å²) in [7, 11) is 0. The van der Waals surface area contributed by atoms with Crippen LogP contribution in [0.25, 0.3) is 0 Å². The van der Waals surface area contributed by atoms with Crippen LogP contribution < -0.4 is 5.73 Å². The number of hydrogen-bond donors (Lipinski definition) is 1. The highest BCUT2D eigenvalue weighted by Crippen LogP contribution is 2.41. The molecule has 1 heterocycles. The van der Waals surface area contributed by atoms with Crippen LogP contribution in [-0.2, 0) is 0 Å². The predicted molar refractivity (Wildman–Crippen MR) is 85.7 cm³/mol. The Kier molecular flexibility index (Phi) is 5.15.